The van der Waals surface area contributed by atoms with Crippen molar-refractivity contribution in [1.29, 1.82) is 5.26 Å². The number of aryl methyl sites for hydroxylation is 3. The van der Waals surface area contributed by atoms with Crippen LogP contribution in [0.3, 0.4) is 0 Å². The lowest BCUT2D eigenvalue weighted by Gasteiger charge is -2.12. The summed E-state index contributed by atoms with van der Waals surface area (Å²) in [5, 5.41) is 8.73. The molecule has 100 valence electrons. The van der Waals surface area contributed by atoms with Crippen LogP contribution < -0.4 is 0 Å². The fourth-order valence-electron chi connectivity index (χ4n) is 2.37. The lowest BCUT2D eigenvalue weighted by Crippen LogP contribution is -1.91. The van der Waals surface area contributed by atoms with Gasteiger partial charge in [0.15, 0.2) is 0 Å². The number of hydrogen-bond donors (Lipinski definition) is 0. The average molecular weight is 265 g/mol. The van der Waals surface area contributed by atoms with Crippen molar-refractivity contribution >= 4 is 6.08 Å². The summed E-state index contributed by atoms with van der Waals surface area (Å²) in [4.78, 5) is 0. The summed E-state index contributed by atoms with van der Waals surface area (Å²) in [5.41, 5.74) is 5.87. The zero-order chi connectivity index (χ0) is 14.7. The first-order valence-corrected chi connectivity index (χ1v) is 6.47. The van der Waals surface area contributed by atoms with E-state index in [1.165, 1.54) is 12.1 Å². The summed E-state index contributed by atoms with van der Waals surface area (Å²) < 4.78 is 13.4. The van der Waals surface area contributed by atoms with Gasteiger partial charge in [-0.05, 0) is 66.8 Å². The third kappa shape index (κ3) is 2.78. The molecule has 0 amide bonds. The number of benzene rings is 2. The van der Waals surface area contributed by atoms with Crippen LogP contribution in [0.4, 0.5) is 4.39 Å². The molecule has 0 aliphatic carbocycles. The van der Waals surface area contributed by atoms with Gasteiger partial charge in [-0.1, -0.05) is 23.8 Å². The van der Waals surface area contributed by atoms with Crippen LogP contribution in [0.1, 0.15) is 22.3 Å². The highest BCUT2D eigenvalue weighted by molar-refractivity contribution is 5.78. The van der Waals surface area contributed by atoms with Crippen molar-refractivity contribution in [3.05, 3.63) is 64.5 Å². The number of allylic oxidation sites excluding steroid dienone is 1. The van der Waals surface area contributed by atoms with Gasteiger partial charge in [0.25, 0.3) is 0 Å². The first-order valence-electron chi connectivity index (χ1n) is 6.47. The molecule has 0 saturated carbocycles. The summed E-state index contributed by atoms with van der Waals surface area (Å²) in [6, 6.07) is 11.3. The van der Waals surface area contributed by atoms with Gasteiger partial charge in [-0.25, -0.2) is 4.39 Å². The third-order valence-corrected chi connectivity index (χ3v) is 3.32. The predicted octanol–water partition coefficient (Wildman–Crippen LogP) is 4.95. The number of rotatable bonds is 2. The fraction of sp³-hybridized carbons (Fsp3) is 0.167. The molecule has 0 fully saturated rings. The normalized spacial score (nSPS) is 10.8. The SMILES string of the molecule is Cc1cc(C)c(/C=C/C#N)c(-c2ccc(F)c(C)c2)c1. The van der Waals surface area contributed by atoms with Crippen LogP contribution in [0.15, 0.2) is 36.4 Å². The Bertz CT molecular complexity index is 721. The Balaban J connectivity index is 2.68. The second-order valence-electron chi connectivity index (χ2n) is 4.97. The minimum Gasteiger partial charge on any atom is -0.207 e. The van der Waals surface area contributed by atoms with Crippen LogP contribution in [-0.4, -0.2) is 0 Å². The lowest BCUT2D eigenvalue weighted by atomic mass is 9.92. The monoisotopic (exact) mass is 265 g/mol. The standard InChI is InChI=1S/C18H16FN/c1-12-9-13(2)16(5-4-8-20)17(10-12)15-6-7-18(19)14(3)11-15/h4-7,9-11H,1-3H3/b5-4+. The molecule has 0 heterocycles. The molecule has 20 heavy (non-hydrogen) atoms. The maximum Gasteiger partial charge on any atom is 0.126 e. The molecular weight excluding hydrogens is 249 g/mol. The first kappa shape index (κ1) is 14.0. The lowest BCUT2D eigenvalue weighted by molar-refractivity contribution is 0.619. The Hall–Kier alpha value is -2.40. The highest BCUT2D eigenvalue weighted by Gasteiger charge is 2.08. The molecule has 2 heteroatoms. The number of halogens is 1. The Morgan fingerprint density at radius 1 is 1.05 bits per heavy atom. The van der Waals surface area contributed by atoms with Gasteiger partial charge in [0.2, 0.25) is 0 Å². The predicted molar refractivity (Wildman–Crippen MR) is 80.7 cm³/mol. The van der Waals surface area contributed by atoms with E-state index in [1.54, 1.807) is 13.0 Å². The molecule has 1 nitrogen and oxygen atoms in total. The minimum absolute atomic E-state index is 0.202. The van der Waals surface area contributed by atoms with Crippen molar-refractivity contribution in [3.63, 3.8) is 0 Å². The minimum atomic E-state index is -0.202. The molecular formula is C18H16FN. The Morgan fingerprint density at radius 3 is 2.45 bits per heavy atom. The second-order valence-corrected chi connectivity index (χ2v) is 4.97. The summed E-state index contributed by atoms with van der Waals surface area (Å²) in [6.07, 6.45) is 3.28. The van der Waals surface area contributed by atoms with Crippen molar-refractivity contribution in [3.8, 4) is 17.2 Å². The van der Waals surface area contributed by atoms with Crippen molar-refractivity contribution in [2.24, 2.45) is 0 Å². The van der Waals surface area contributed by atoms with Crippen LogP contribution in [-0.2, 0) is 0 Å². The number of hydrogen-bond acceptors (Lipinski definition) is 1. The van der Waals surface area contributed by atoms with E-state index in [0.29, 0.717) is 5.56 Å². The molecule has 0 radical (unpaired) electrons. The van der Waals surface area contributed by atoms with E-state index in [-0.39, 0.29) is 5.82 Å². The molecule has 2 aromatic rings. The van der Waals surface area contributed by atoms with E-state index in [4.69, 9.17) is 5.26 Å². The van der Waals surface area contributed by atoms with Gasteiger partial charge in [-0.15, -0.1) is 0 Å². The zero-order valence-corrected chi connectivity index (χ0v) is 11.9. The zero-order valence-electron chi connectivity index (χ0n) is 11.9. The van der Waals surface area contributed by atoms with Gasteiger partial charge >= 0.3 is 0 Å². The van der Waals surface area contributed by atoms with Gasteiger partial charge in [-0.3, -0.25) is 0 Å². The fourth-order valence-corrected chi connectivity index (χ4v) is 2.37. The Labute approximate surface area is 119 Å². The van der Waals surface area contributed by atoms with Crippen LogP contribution in [0, 0.1) is 37.9 Å². The number of nitrogens with zero attached hydrogens (tertiary/aromatic N) is 1. The van der Waals surface area contributed by atoms with Gasteiger partial charge in [-0.2, -0.15) is 5.26 Å². The molecule has 0 bridgehead atoms. The molecule has 0 spiro atoms. The average Bonchev–Trinajstić information content (AvgIpc) is 2.40. The van der Waals surface area contributed by atoms with Gasteiger partial charge in [0.1, 0.15) is 5.82 Å². The van der Waals surface area contributed by atoms with Crippen molar-refractivity contribution in [2.45, 2.75) is 20.8 Å². The first-order chi connectivity index (χ1) is 9.52. The van der Waals surface area contributed by atoms with Gasteiger partial charge in [0.05, 0.1) is 6.07 Å². The van der Waals surface area contributed by atoms with Crippen LogP contribution in [0.5, 0.6) is 0 Å². The maximum absolute atomic E-state index is 13.4. The van der Waals surface area contributed by atoms with Gasteiger partial charge in [0, 0.05) is 6.08 Å². The largest absolute Gasteiger partial charge is 0.207 e. The molecule has 0 aromatic heterocycles. The van der Waals surface area contributed by atoms with Crippen LogP contribution in [0.2, 0.25) is 0 Å². The summed E-state index contributed by atoms with van der Waals surface area (Å²) in [5.74, 6) is -0.202. The van der Waals surface area contributed by atoms with E-state index < -0.39 is 0 Å². The molecule has 0 saturated heterocycles. The van der Waals surface area contributed by atoms with E-state index in [2.05, 4.69) is 12.1 Å². The second kappa shape index (κ2) is 5.71. The maximum atomic E-state index is 13.4. The van der Waals surface area contributed by atoms with E-state index >= 15 is 0 Å². The molecule has 2 rings (SSSR count). The molecule has 0 aliphatic heterocycles. The van der Waals surface area contributed by atoms with Crippen LogP contribution in [0.25, 0.3) is 17.2 Å². The van der Waals surface area contributed by atoms with Crippen LogP contribution >= 0.6 is 0 Å². The molecule has 2 aromatic carbocycles. The molecule has 0 aliphatic rings. The van der Waals surface area contributed by atoms with Crippen molar-refractivity contribution in [2.75, 3.05) is 0 Å². The van der Waals surface area contributed by atoms with Crippen molar-refractivity contribution < 1.29 is 4.39 Å². The van der Waals surface area contributed by atoms with E-state index in [1.807, 2.05) is 32.1 Å². The summed E-state index contributed by atoms with van der Waals surface area (Å²) in [6.45, 7) is 5.81. The van der Waals surface area contributed by atoms with E-state index in [9.17, 15) is 4.39 Å². The topological polar surface area (TPSA) is 23.8 Å². The smallest absolute Gasteiger partial charge is 0.126 e. The van der Waals surface area contributed by atoms with Crippen molar-refractivity contribution in [1.82, 2.24) is 0 Å². The molecule has 0 unspecified atom stereocenters. The Kier molecular flexibility index (Phi) is 4.00. The highest BCUT2D eigenvalue weighted by atomic mass is 19.1. The third-order valence-electron chi connectivity index (χ3n) is 3.32. The summed E-state index contributed by atoms with van der Waals surface area (Å²) >= 11 is 0. The molecule has 0 atom stereocenters. The van der Waals surface area contributed by atoms with Gasteiger partial charge < -0.3 is 0 Å². The molecule has 0 N–H and O–H groups in total. The quantitative estimate of drug-likeness (QED) is 0.704. The highest BCUT2D eigenvalue weighted by Crippen LogP contribution is 2.30. The van der Waals surface area contributed by atoms with E-state index in [0.717, 1.165) is 27.8 Å². The summed E-state index contributed by atoms with van der Waals surface area (Å²) in [7, 11) is 0. The Morgan fingerprint density at radius 2 is 1.80 bits per heavy atom. The number of nitriles is 1.